The molecule has 0 spiro atoms. The molecule has 0 saturated carbocycles. The molecule has 0 aromatic heterocycles. The monoisotopic (exact) mass is 293 g/mol. The van der Waals surface area contributed by atoms with Gasteiger partial charge in [-0.15, -0.1) is 0 Å². The summed E-state index contributed by atoms with van der Waals surface area (Å²) in [5.41, 5.74) is 1.96. The van der Waals surface area contributed by atoms with Crippen molar-refractivity contribution < 1.29 is 19.0 Å². The molecular weight excluding hydrogens is 270 g/mol. The molecule has 0 saturated heterocycles. The molecule has 1 N–H and O–H groups in total. The predicted molar refractivity (Wildman–Crippen MR) is 80.2 cm³/mol. The average molecular weight is 293 g/mol. The highest BCUT2D eigenvalue weighted by Gasteiger charge is 2.29. The van der Waals surface area contributed by atoms with Crippen molar-refractivity contribution in [2.75, 3.05) is 20.8 Å². The van der Waals surface area contributed by atoms with E-state index >= 15 is 0 Å². The quantitative estimate of drug-likeness (QED) is 0.927. The van der Waals surface area contributed by atoms with Crippen LogP contribution in [0.4, 0.5) is 4.79 Å². The molecule has 1 amide bonds. The van der Waals surface area contributed by atoms with Crippen LogP contribution in [0.15, 0.2) is 12.1 Å². The first-order chi connectivity index (χ1) is 9.84. The topological polar surface area (TPSA) is 56.8 Å². The van der Waals surface area contributed by atoms with Crippen molar-refractivity contribution in [3.63, 3.8) is 0 Å². The SMILES string of the molecule is COc1cc2c(cc1OC)[C@@H](CNC(=O)OC(C)(C)C)C2. The highest BCUT2D eigenvalue weighted by Crippen LogP contribution is 2.41. The van der Waals surface area contributed by atoms with E-state index in [1.165, 1.54) is 11.1 Å². The summed E-state index contributed by atoms with van der Waals surface area (Å²) in [7, 11) is 3.25. The van der Waals surface area contributed by atoms with Crippen LogP contribution in [-0.2, 0) is 11.2 Å². The highest BCUT2D eigenvalue weighted by atomic mass is 16.6. The van der Waals surface area contributed by atoms with Gasteiger partial charge in [0.05, 0.1) is 14.2 Å². The zero-order valence-corrected chi connectivity index (χ0v) is 13.3. The van der Waals surface area contributed by atoms with Crippen LogP contribution in [0.25, 0.3) is 0 Å². The van der Waals surface area contributed by atoms with Crippen LogP contribution < -0.4 is 14.8 Å². The standard InChI is InChI=1S/C16H23NO4/c1-16(2,3)21-15(18)17-9-11-6-10-7-13(19-4)14(20-5)8-12(10)11/h7-8,11H,6,9H2,1-5H3,(H,17,18)/t11-/m1/s1. The molecule has 0 aliphatic heterocycles. The number of rotatable bonds is 4. The van der Waals surface area contributed by atoms with Gasteiger partial charge in [0, 0.05) is 12.5 Å². The summed E-state index contributed by atoms with van der Waals surface area (Å²) in [6.07, 6.45) is 0.544. The Kier molecular flexibility index (Phi) is 4.30. The summed E-state index contributed by atoms with van der Waals surface area (Å²) in [6, 6.07) is 3.98. The van der Waals surface area contributed by atoms with Crippen molar-refractivity contribution in [2.24, 2.45) is 0 Å². The smallest absolute Gasteiger partial charge is 0.407 e. The van der Waals surface area contributed by atoms with Gasteiger partial charge in [-0.25, -0.2) is 4.79 Å². The maximum Gasteiger partial charge on any atom is 0.407 e. The average Bonchev–Trinajstić information content (AvgIpc) is 2.37. The second-order valence-electron chi connectivity index (χ2n) is 6.19. The molecular formula is C16H23NO4. The van der Waals surface area contributed by atoms with Gasteiger partial charge in [0.25, 0.3) is 0 Å². The van der Waals surface area contributed by atoms with Crippen molar-refractivity contribution >= 4 is 6.09 Å². The first-order valence-electron chi connectivity index (χ1n) is 7.05. The molecule has 0 unspecified atom stereocenters. The third-order valence-electron chi connectivity index (χ3n) is 3.44. The van der Waals surface area contributed by atoms with E-state index in [-0.39, 0.29) is 6.09 Å². The van der Waals surface area contributed by atoms with Crippen molar-refractivity contribution in [1.82, 2.24) is 5.32 Å². The van der Waals surface area contributed by atoms with Crippen LogP contribution in [-0.4, -0.2) is 32.5 Å². The van der Waals surface area contributed by atoms with E-state index in [1.54, 1.807) is 14.2 Å². The van der Waals surface area contributed by atoms with Gasteiger partial charge in [-0.3, -0.25) is 0 Å². The number of nitrogens with one attached hydrogen (secondary N) is 1. The third-order valence-corrected chi connectivity index (χ3v) is 3.44. The number of alkyl carbamates (subject to hydrolysis) is 1. The van der Waals surface area contributed by atoms with Gasteiger partial charge in [-0.05, 0) is 50.5 Å². The summed E-state index contributed by atoms with van der Waals surface area (Å²) in [5.74, 6) is 1.76. The van der Waals surface area contributed by atoms with Crippen molar-refractivity contribution in [1.29, 1.82) is 0 Å². The minimum Gasteiger partial charge on any atom is -0.493 e. The van der Waals surface area contributed by atoms with Crippen LogP contribution in [0.1, 0.15) is 37.8 Å². The molecule has 1 aromatic rings. The number of amides is 1. The number of benzene rings is 1. The molecule has 5 heteroatoms. The van der Waals surface area contributed by atoms with E-state index in [9.17, 15) is 4.79 Å². The summed E-state index contributed by atoms with van der Waals surface area (Å²) in [5, 5.41) is 2.81. The van der Waals surface area contributed by atoms with Crippen LogP contribution in [0, 0.1) is 0 Å². The number of hydrogen-bond acceptors (Lipinski definition) is 4. The first kappa shape index (κ1) is 15.5. The molecule has 1 aromatic carbocycles. The minimum absolute atomic E-state index is 0.298. The molecule has 0 bridgehead atoms. The number of ether oxygens (including phenoxy) is 3. The van der Waals surface area contributed by atoms with Gasteiger partial charge in [-0.1, -0.05) is 0 Å². The summed E-state index contributed by atoms with van der Waals surface area (Å²) in [6.45, 7) is 6.12. The Labute approximate surface area is 125 Å². The Morgan fingerprint density at radius 2 is 1.86 bits per heavy atom. The number of fused-ring (bicyclic) bond motifs is 1. The van der Waals surface area contributed by atoms with Crippen LogP contribution in [0.3, 0.4) is 0 Å². The van der Waals surface area contributed by atoms with Gasteiger partial charge < -0.3 is 19.5 Å². The van der Waals surface area contributed by atoms with Crippen LogP contribution >= 0.6 is 0 Å². The normalized spacial score (nSPS) is 16.5. The van der Waals surface area contributed by atoms with Crippen molar-refractivity contribution in [3.8, 4) is 11.5 Å². The van der Waals surface area contributed by atoms with E-state index < -0.39 is 5.60 Å². The van der Waals surface area contributed by atoms with E-state index in [4.69, 9.17) is 14.2 Å². The van der Waals surface area contributed by atoms with Crippen LogP contribution in [0.5, 0.6) is 11.5 Å². The zero-order valence-electron chi connectivity index (χ0n) is 13.3. The highest BCUT2D eigenvalue weighted by molar-refractivity contribution is 5.68. The Balaban J connectivity index is 1.96. The predicted octanol–water partition coefficient (Wildman–Crippen LogP) is 2.87. The molecule has 116 valence electrons. The first-order valence-corrected chi connectivity index (χ1v) is 7.05. The van der Waals surface area contributed by atoms with Crippen molar-refractivity contribution in [3.05, 3.63) is 23.3 Å². The maximum atomic E-state index is 11.7. The molecule has 1 atom stereocenters. The second-order valence-corrected chi connectivity index (χ2v) is 6.19. The molecule has 21 heavy (non-hydrogen) atoms. The van der Waals surface area contributed by atoms with E-state index in [0.717, 1.165) is 17.9 Å². The van der Waals surface area contributed by atoms with Crippen molar-refractivity contribution in [2.45, 2.75) is 38.7 Å². The largest absolute Gasteiger partial charge is 0.493 e. The molecule has 0 heterocycles. The fraction of sp³-hybridized carbons (Fsp3) is 0.562. The lowest BCUT2D eigenvalue weighted by Gasteiger charge is -2.31. The Morgan fingerprint density at radius 1 is 1.24 bits per heavy atom. The number of carbonyl (C=O) groups excluding carboxylic acids is 1. The Hall–Kier alpha value is -1.91. The summed E-state index contributed by atoms with van der Waals surface area (Å²) < 4.78 is 15.8. The van der Waals surface area contributed by atoms with E-state index in [1.807, 2.05) is 32.9 Å². The summed E-state index contributed by atoms with van der Waals surface area (Å²) >= 11 is 0. The Morgan fingerprint density at radius 3 is 2.43 bits per heavy atom. The molecule has 2 rings (SSSR count). The summed E-state index contributed by atoms with van der Waals surface area (Å²) in [4.78, 5) is 11.7. The minimum atomic E-state index is -0.474. The lowest BCUT2D eigenvalue weighted by Crippen LogP contribution is -2.37. The number of carbonyl (C=O) groups is 1. The fourth-order valence-corrected chi connectivity index (χ4v) is 2.44. The van der Waals surface area contributed by atoms with Gasteiger partial charge in [0.2, 0.25) is 0 Å². The van der Waals surface area contributed by atoms with E-state index in [0.29, 0.717) is 12.5 Å². The zero-order chi connectivity index (χ0) is 15.6. The lowest BCUT2D eigenvalue weighted by molar-refractivity contribution is 0.0523. The fourth-order valence-electron chi connectivity index (χ4n) is 2.44. The van der Waals surface area contributed by atoms with Crippen LogP contribution in [0.2, 0.25) is 0 Å². The lowest BCUT2D eigenvalue weighted by atomic mass is 9.77. The van der Waals surface area contributed by atoms with Gasteiger partial charge in [0.1, 0.15) is 5.60 Å². The van der Waals surface area contributed by atoms with E-state index in [2.05, 4.69) is 5.32 Å². The van der Waals surface area contributed by atoms with Gasteiger partial charge in [-0.2, -0.15) is 0 Å². The van der Waals surface area contributed by atoms with Gasteiger partial charge >= 0.3 is 6.09 Å². The Bertz CT molecular complexity index is 534. The van der Waals surface area contributed by atoms with Gasteiger partial charge in [0.15, 0.2) is 11.5 Å². The molecule has 0 radical (unpaired) electrons. The second kappa shape index (κ2) is 5.84. The molecule has 5 nitrogen and oxygen atoms in total. The molecule has 1 aliphatic carbocycles. The third kappa shape index (κ3) is 3.60. The molecule has 0 fully saturated rings. The number of methoxy groups -OCH3 is 2. The number of hydrogen-bond donors (Lipinski definition) is 1. The molecule has 1 aliphatic rings. The maximum absolute atomic E-state index is 11.7.